The lowest BCUT2D eigenvalue weighted by molar-refractivity contribution is -0.122. The van der Waals surface area contributed by atoms with E-state index in [0.29, 0.717) is 23.7 Å². The van der Waals surface area contributed by atoms with Crippen LogP contribution in [0.2, 0.25) is 0 Å². The molecule has 0 bridgehead atoms. The van der Waals surface area contributed by atoms with Crippen LogP contribution in [0.4, 0.5) is 0 Å². The van der Waals surface area contributed by atoms with Gasteiger partial charge in [-0.15, -0.1) is 5.11 Å². The summed E-state index contributed by atoms with van der Waals surface area (Å²) in [5.74, 6) is 0.146. The van der Waals surface area contributed by atoms with E-state index >= 15 is 0 Å². The maximum atomic E-state index is 12.4. The molecule has 1 unspecified atom stereocenters. The van der Waals surface area contributed by atoms with Crippen molar-refractivity contribution in [2.24, 2.45) is 10.2 Å². The minimum atomic E-state index is -0.362. The summed E-state index contributed by atoms with van der Waals surface area (Å²) < 4.78 is 11.0. The molecule has 1 aromatic carbocycles. The zero-order valence-corrected chi connectivity index (χ0v) is 14.6. The van der Waals surface area contributed by atoms with Gasteiger partial charge in [-0.25, -0.2) is 0 Å². The average molecular weight is 358 g/mol. The molecule has 2 amide bonds. The number of hydrogen-bond acceptors (Lipinski definition) is 6. The number of azo groups is 1. The summed E-state index contributed by atoms with van der Waals surface area (Å²) in [6.45, 7) is 2.84. The van der Waals surface area contributed by atoms with Crippen molar-refractivity contribution in [1.29, 1.82) is 0 Å². The fourth-order valence-corrected chi connectivity index (χ4v) is 2.72. The predicted molar refractivity (Wildman–Crippen MR) is 93.8 cm³/mol. The van der Waals surface area contributed by atoms with Crippen LogP contribution < -0.4 is 15.4 Å². The van der Waals surface area contributed by atoms with Crippen LogP contribution in [0, 0.1) is 0 Å². The number of benzene rings is 1. The second-order valence-electron chi connectivity index (χ2n) is 6.19. The summed E-state index contributed by atoms with van der Waals surface area (Å²) in [5, 5.41) is 13.2. The average Bonchev–Trinajstić information content (AvgIpc) is 3.30. The Morgan fingerprint density at radius 3 is 2.92 bits per heavy atom. The molecular formula is C18H22N4O4. The highest BCUT2D eigenvalue weighted by atomic mass is 16.5. The third-order valence-corrected chi connectivity index (χ3v) is 4.02. The Bertz CT molecular complexity index is 726. The number of nitrogens with zero attached hydrogens (tertiary/aromatic N) is 2. The third kappa shape index (κ3) is 4.89. The minimum absolute atomic E-state index is 0.0421. The zero-order chi connectivity index (χ0) is 18.4. The van der Waals surface area contributed by atoms with Gasteiger partial charge in [-0.1, -0.05) is 12.1 Å². The maximum absolute atomic E-state index is 12.4. The van der Waals surface area contributed by atoms with Crippen molar-refractivity contribution >= 4 is 11.8 Å². The van der Waals surface area contributed by atoms with Gasteiger partial charge in [0.2, 0.25) is 0 Å². The van der Waals surface area contributed by atoms with Gasteiger partial charge in [0.1, 0.15) is 5.75 Å². The van der Waals surface area contributed by atoms with Crippen molar-refractivity contribution < 1.29 is 19.1 Å². The second-order valence-corrected chi connectivity index (χ2v) is 6.19. The SMILES string of the molecule is CC1C=C(NC(=O)COc2ccccc2C(=O)NC[C@H]2CCCO2)N=N1. The Morgan fingerprint density at radius 1 is 1.35 bits per heavy atom. The van der Waals surface area contributed by atoms with Crippen molar-refractivity contribution in [1.82, 2.24) is 10.6 Å². The quantitative estimate of drug-likeness (QED) is 0.776. The summed E-state index contributed by atoms with van der Waals surface area (Å²) in [5.41, 5.74) is 0.381. The summed E-state index contributed by atoms with van der Waals surface area (Å²) in [6, 6.07) is 6.77. The molecule has 1 saturated heterocycles. The fraction of sp³-hybridized carbons (Fsp3) is 0.444. The van der Waals surface area contributed by atoms with Gasteiger partial charge in [-0.3, -0.25) is 9.59 Å². The number of hydrogen-bond donors (Lipinski definition) is 2. The maximum Gasteiger partial charge on any atom is 0.263 e. The van der Waals surface area contributed by atoms with E-state index in [9.17, 15) is 9.59 Å². The Morgan fingerprint density at radius 2 is 2.19 bits per heavy atom. The Balaban J connectivity index is 1.53. The molecule has 138 valence electrons. The number of ether oxygens (including phenoxy) is 2. The molecule has 2 heterocycles. The van der Waals surface area contributed by atoms with E-state index in [1.54, 1.807) is 30.3 Å². The van der Waals surface area contributed by atoms with Crippen LogP contribution in [0.1, 0.15) is 30.1 Å². The number of carbonyl (C=O) groups is 2. The number of carbonyl (C=O) groups excluding carboxylic acids is 2. The molecule has 0 aliphatic carbocycles. The molecule has 8 heteroatoms. The number of amides is 2. The van der Waals surface area contributed by atoms with Crippen LogP contribution >= 0.6 is 0 Å². The molecular weight excluding hydrogens is 336 g/mol. The molecule has 0 saturated carbocycles. The van der Waals surface area contributed by atoms with E-state index in [1.807, 2.05) is 6.92 Å². The van der Waals surface area contributed by atoms with Gasteiger partial charge in [0.25, 0.3) is 11.8 Å². The summed E-state index contributed by atoms with van der Waals surface area (Å²) >= 11 is 0. The minimum Gasteiger partial charge on any atom is -0.483 e. The van der Waals surface area contributed by atoms with E-state index in [4.69, 9.17) is 9.47 Å². The van der Waals surface area contributed by atoms with E-state index in [0.717, 1.165) is 19.4 Å². The van der Waals surface area contributed by atoms with E-state index in [-0.39, 0.29) is 30.6 Å². The summed E-state index contributed by atoms with van der Waals surface area (Å²) in [6.07, 6.45) is 3.77. The standard InChI is InChI=1S/C18H22N4O4/c1-12-9-16(22-21-12)20-17(23)11-26-15-7-3-2-6-14(15)18(24)19-10-13-5-4-8-25-13/h2-3,6-7,9,12-13H,4-5,8,10-11H2,1H3,(H,19,24)(H,20,23)/t12?,13-/m1/s1. The molecule has 1 aromatic rings. The first-order chi connectivity index (χ1) is 12.6. The first-order valence-electron chi connectivity index (χ1n) is 8.66. The van der Waals surface area contributed by atoms with Crippen LogP contribution in [0.5, 0.6) is 5.75 Å². The molecule has 2 aliphatic rings. The molecule has 1 fully saturated rings. The lowest BCUT2D eigenvalue weighted by Gasteiger charge is -2.13. The largest absolute Gasteiger partial charge is 0.483 e. The van der Waals surface area contributed by atoms with Crippen LogP contribution in [0.3, 0.4) is 0 Å². The van der Waals surface area contributed by atoms with Gasteiger partial charge >= 0.3 is 0 Å². The van der Waals surface area contributed by atoms with Crippen LogP contribution in [0.25, 0.3) is 0 Å². The van der Waals surface area contributed by atoms with Crippen molar-refractivity contribution in [3.63, 3.8) is 0 Å². The highest BCUT2D eigenvalue weighted by Crippen LogP contribution is 2.18. The third-order valence-electron chi connectivity index (χ3n) is 4.02. The predicted octanol–water partition coefficient (Wildman–Crippen LogP) is 1.79. The van der Waals surface area contributed by atoms with E-state index < -0.39 is 0 Å². The van der Waals surface area contributed by atoms with Crippen molar-refractivity contribution in [3.8, 4) is 5.75 Å². The number of para-hydroxylation sites is 1. The van der Waals surface area contributed by atoms with Crippen molar-refractivity contribution in [2.45, 2.75) is 31.9 Å². The van der Waals surface area contributed by atoms with Gasteiger partial charge in [0, 0.05) is 13.2 Å². The molecule has 0 aromatic heterocycles. The second kappa shape index (κ2) is 8.57. The molecule has 8 nitrogen and oxygen atoms in total. The summed E-state index contributed by atoms with van der Waals surface area (Å²) in [7, 11) is 0. The monoisotopic (exact) mass is 358 g/mol. The summed E-state index contributed by atoms with van der Waals surface area (Å²) in [4.78, 5) is 24.4. The Hall–Kier alpha value is -2.74. The van der Waals surface area contributed by atoms with Gasteiger partial charge in [-0.05, 0) is 38.0 Å². The van der Waals surface area contributed by atoms with Crippen molar-refractivity contribution in [3.05, 3.63) is 41.7 Å². The van der Waals surface area contributed by atoms with Crippen LogP contribution in [0.15, 0.2) is 46.4 Å². The Kier molecular flexibility index (Phi) is 5.96. The number of rotatable bonds is 7. The highest BCUT2D eigenvalue weighted by Gasteiger charge is 2.19. The Labute approximate surface area is 151 Å². The van der Waals surface area contributed by atoms with Crippen LogP contribution in [-0.4, -0.2) is 43.7 Å². The molecule has 26 heavy (non-hydrogen) atoms. The molecule has 2 atom stereocenters. The normalized spacial score (nSPS) is 21.3. The fourth-order valence-electron chi connectivity index (χ4n) is 2.72. The van der Waals surface area contributed by atoms with Gasteiger partial charge < -0.3 is 20.1 Å². The topological polar surface area (TPSA) is 101 Å². The first kappa shape index (κ1) is 18.1. The molecule has 3 rings (SSSR count). The molecule has 2 N–H and O–H groups in total. The lowest BCUT2D eigenvalue weighted by Crippen LogP contribution is -2.32. The molecule has 2 aliphatic heterocycles. The van der Waals surface area contributed by atoms with E-state index in [2.05, 4.69) is 20.9 Å². The molecule has 0 radical (unpaired) electrons. The number of nitrogens with one attached hydrogen (secondary N) is 2. The smallest absolute Gasteiger partial charge is 0.263 e. The molecule has 0 spiro atoms. The highest BCUT2D eigenvalue weighted by molar-refractivity contribution is 5.97. The van der Waals surface area contributed by atoms with Crippen molar-refractivity contribution in [2.75, 3.05) is 19.8 Å². The van der Waals surface area contributed by atoms with Crippen LogP contribution in [-0.2, 0) is 9.53 Å². The van der Waals surface area contributed by atoms with E-state index in [1.165, 1.54) is 0 Å². The zero-order valence-electron chi connectivity index (χ0n) is 14.6. The lowest BCUT2D eigenvalue weighted by atomic mass is 10.1. The first-order valence-corrected chi connectivity index (χ1v) is 8.66. The van der Waals surface area contributed by atoms with Gasteiger partial charge in [0.15, 0.2) is 12.4 Å². The van der Waals surface area contributed by atoms with Gasteiger partial charge in [-0.2, -0.15) is 5.11 Å². The van der Waals surface area contributed by atoms with Gasteiger partial charge in [0.05, 0.1) is 17.7 Å².